The Kier molecular flexibility index (Phi) is 5.81. The second kappa shape index (κ2) is 6.89. The zero-order valence-electron chi connectivity index (χ0n) is 9.83. The third-order valence-electron chi connectivity index (χ3n) is 2.94. The maximum atomic E-state index is 6.17. The summed E-state index contributed by atoms with van der Waals surface area (Å²) in [5.41, 5.74) is 13.1. The molecule has 0 aliphatic heterocycles. The predicted molar refractivity (Wildman–Crippen MR) is 70.7 cm³/mol. The lowest BCUT2D eigenvalue weighted by atomic mass is 9.89. The molecule has 0 saturated carbocycles. The van der Waals surface area contributed by atoms with Gasteiger partial charge in [-0.15, -0.1) is 0 Å². The van der Waals surface area contributed by atoms with Crippen molar-refractivity contribution in [1.82, 2.24) is 0 Å². The summed E-state index contributed by atoms with van der Waals surface area (Å²) >= 11 is 5.97. The molecule has 0 amide bonds. The first-order valence-corrected chi connectivity index (χ1v) is 6.28. The van der Waals surface area contributed by atoms with Crippen molar-refractivity contribution in [2.24, 2.45) is 11.5 Å². The van der Waals surface area contributed by atoms with Crippen molar-refractivity contribution in [3.63, 3.8) is 0 Å². The fourth-order valence-electron chi connectivity index (χ4n) is 1.94. The van der Waals surface area contributed by atoms with Gasteiger partial charge in [0.25, 0.3) is 0 Å². The van der Waals surface area contributed by atoms with Crippen LogP contribution in [0.25, 0.3) is 0 Å². The lowest BCUT2D eigenvalue weighted by Crippen LogP contribution is -2.33. The molecule has 0 aliphatic rings. The predicted octanol–water partition coefficient (Wildman–Crippen LogP) is 2.90. The molecule has 16 heavy (non-hydrogen) atoms. The number of benzene rings is 1. The topological polar surface area (TPSA) is 52.0 Å². The lowest BCUT2D eigenvalue weighted by Gasteiger charge is -2.23. The highest BCUT2D eigenvalue weighted by Crippen LogP contribution is 2.23. The number of hydrogen-bond acceptors (Lipinski definition) is 2. The van der Waals surface area contributed by atoms with Crippen LogP contribution in [-0.2, 0) is 0 Å². The van der Waals surface area contributed by atoms with Crippen molar-refractivity contribution in [2.45, 2.75) is 38.1 Å². The molecule has 0 heterocycles. The Morgan fingerprint density at radius 1 is 1.38 bits per heavy atom. The van der Waals surface area contributed by atoms with E-state index in [0.717, 1.165) is 23.4 Å². The zero-order chi connectivity index (χ0) is 12.0. The quantitative estimate of drug-likeness (QED) is 0.804. The first-order chi connectivity index (χ1) is 7.69. The summed E-state index contributed by atoms with van der Waals surface area (Å²) in [6, 6.07) is 7.96. The molecule has 0 aromatic heterocycles. The highest BCUT2D eigenvalue weighted by atomic mass is 35.5. The molecule has 2 unspecified atom stereocenters. The molecule has 1 aromatic rings. The van der Waals surface area contributed by atoms with E-state index >= 15 is 0 Å². The highest BCUT2D eigenvalue weighted by molar-refractivity contribution is 6.30. The van der Waals surface area contributed by atoms with Crippen LogP contribution in [0.3, 0.4) is 0 Å². The number of unbranched alkanes of at least 4 members (excludes halogenated alkanes) is 1. The Balaban J connectivity index is 2.73. The van der Waals surface area contributed by atoms with Gasteiger partial charge in [0.1, 0.15) is 0 Å². The number of rotatable bonds is 6. The third kappa shape index (κ3) is 3.78. The van der Waals surface area contributed by atoms with Crippen molar-refractivity contribution in [2.75, 3.05) is 6.54 Å². The van der Waals surface area contributed by atoms with Gasteiger partial charge in [-0.2, -0.15) is 0 Å². The standard InChI is InChI=1S/C13H21ClN2/c1-2-3-7-13(16)12(9-15)10-5-4-6-11(14)8-10/h4-6,8,12-13H,2-3,7,9,15-16H2,1H3. The SMILES string of the molecule is CCCCC(N)C(CN)c1cccc(Cl)c1. The van der Waals surface area contributed by atoms with Crippen molar-refractivity contribution in [3.8, 4) is 0 Å². The zero-order valence-corrected chi connectivity index (χ0v) is 10.6. The van der Waals surface area contributed by atoms with Crippen LogP contribution in [0, 0.1) is 0 Å². The average molecular weight is 241 g/mol. The van der Waals surface area contributed by atoms with E-state index in [4.69, 9.17) is 23.1 Å². The second-order valence-electron chi connectivity index (χ2n) is 4.20. The molecule has 3 heteroatoms. The first kappa shape index (κ1) is 13.5. The number of hydrogen-bond donors (Lipinski definition) is 2. The fourth-order valence-corrected chi connectivity index (χ4v) is 2.14. The minimum Gasteiger partial charge on any atom is -0.330 e. The van der Waals surface area contributed by atoms with Gasteiger partial charge >= 0.3 is 0 Å². The molecular formula is C13H21ClN2. The van der Waals surface area contributed by atoms with Crippen molar-refractivity contribution < 1.29 is 0 Å². The summed E-state index contributed by atoms with van der Waals surface area (Å²) in [6.07, 6.45) is 3.34. The molecule has 2 nitrogen and oxygen atoms in total. The fraction of sp³-hybridized carbons (Fsp3) is 0.538. The number of nitrogens with two attached hydrogens (primary N) is 2. The van der Waals surface area contributed by atoms with Gasteiger partial charge in [-0.3, -0.25) is 0 Å². The Labute approximate surface area is 103 Å². The van der Waals surface area contributed by atoms with Crippen molar-refractivity contribution >= 4 is 11.6 Å². The molecule has 4 N–H and O–H groups in total. The van der Waals surface area contributed by atoms with Gasteiger partial charge in [0.05, 0.1) is 0 Å². The van der Waals surface area contributed by atoms with E-state index in [1.165, 1.54) is 6.42 Å². The number of halogens is 1. The van der Waals surface area contributed by atoms with E-state index in [1.807, 2.05) is 18.2 Å². The van der Waals surface area contributed by atoms with Crippen LogP contribution in [0.15, 0.2) is 24.3 Å². The van der Waals surface area contributed by atoms with Crippen LogP contribution in [0.1, 0.15) is 37.7 Å². The summed E-state index contributed by atoms with van der Waals surface area (Å²) in [5.74, 6) is 0.213. The Morgan fingerprint density at radius 3 is 2.69 bits per heavy atom. The smallest absolute Gasteiger partial charge is 0.0408 e. The van der Waals surface area contributed by atoms with Crippen LogP contribution in [0.2, 0.25) is 5.02 Å². The highest BCUT2D eigenvalue weighted by Gasteiger charge is 2.17. The summed E-state index contributed by atoms with van der Waals surface area (Å²) in [4.78, 5) is 0. The Morgan fingerprint density at radius 2 is 2.12 bits per heavy atom. The Bertz CT molecular complexity index is 315. The Hall–Kier alpha value is -0.570. The van der Waals surface area contributed by atoms with Crippen molar-refractivity contribution in [1.29, 1.82) is 0 Å². The van der Waals surface area contributed by atoms with Gasteiger partial charge in [0.15, 0.2) is 0 Å². The van der Waals surface area contributed by atoms with Crippen LogP contribution in [0.4, 0.5) is 0 Å². The second-order valence-corrected chi connectivity index (χ2v) is 4.64. The summed E-state index contributed by atoms with van der Waals surface area (Å²) in [5, 5.41) is 0.749. The van der Waals surface area contributed by atoms with E-state index in [2.05, 4.69) is 13.0 Å². The largest absolute Gasteiger partial charge is 0.330 e. The summed E-state index contributed by atoms with van der Waals surface area (Å²) in [6.45, 7) is 2.74. The van der Waals surface area contributed by atoms with Gasteiger partial charge in [0.2, 0.25) is 0 Å². The molecule has 0 fully saturated rings. The van der Waals surface area contributed by atoms with Gasteiger partial charge in [-0.1, -0.05) is 43.5 Å². The van der Waals surface area contributed by atoms with E-state index in [9.17, 15) is 0 Å². The molecule has 0 spiro atoms. The van der Waals surface area contributed by atoms with E-state index in [-0.39, 0.29) is 12.0 Å². The minimum atomic E-state index is 0.128. The lowest BCUT2D eigenvalue weighted by molar-refractivity contribution is 0.487. The maximum absolute atomic E-state index is 6.17. The molecular weight excluding hydrogens is 220 g/mol. The molecule has 2 atom stereocenters. The monoisotopic (exact) mass is 240 g/mol. The van der Waals surface area contributed by atoms with Crippen LogP contribution < -0.4 is 11.5 Å². The minimum absolute atomic E-state index is 0.128. The van der Waals surface area contributed by atoms with Gasteiger partial charge in [-0.25, -0.2) is 0 Å². The van der Waals surface area contributed by atoms with Gasteiger partial charge in [0, 0.05) is 23.5 Å². The third-order valence-corrected chi connectivity index (χ3v) is 3.17. The molecule has 1 rings (SSSR count). The summed E-state index contributed by atoms with van der Waals surface area (Å²) in [7, 11) is 0. The normalized spacial score (nSPS) is 14.8. The van der Waals surface area contributed by atoms with E-state index in [1.54, 1.807) is 0 Å². The van der Waals surface area contributed by atoms with E-state index < -0.39 is 0 Å². The summed E-state index contributed by atoms with van der Waals surface area (Å²) < 4.78 is 0. The molecule has 0 aliphatic carbocycles. The van der Waals surface area contributed by atoms with Gasteiger partial charge < -0.3 is 11.5 Å². The van der Waals surface area contributed by atoms with Gasteiger partial charge in [-0.05, 0) is 24.1 Å². The van der Waals surface area contributed by atoms with Crippen molar-refractivity contribution in [3.05, 3.63) is 34.9 Å². The van der Waals surface area contributed by atoms with E-state index in [0.29, 0.717) is 6.54 Å². The molecule has 0 bridgehead atoms. The van der Waals surface area contributed by atoms with Crippen LogP contribution in [0.5, 0.6) is 0 Å². The molecule has 0 radical (unpaired) electrons. The van der Waals surface area contributed by atoms with Crippen LogP contribution in [-0.4, -0.2) is 12.6 Å². The average Bonchev–Trinajstić information content (AvgIpc) is 2.27. The van der Waals surface area contributed by atoms with Crippen LogP contribution >= 0.6 is 11.6 Å². The molecule has 1 aromatic carbocycles. The molecule has 90 valence electrons. The molecule has 0 saturated heterocycles. The first-order valence-electron chi connectivity index (χ1n) is 5.90. The maximum Gasteiger partial charge on any atom is 0.0408 e.